The molecule has 1 saturated heterocycles. The van der Waals surface area contributed by atoms with Crippen molar-refractivity contribution in [3.63, 3.8) is 0 Å². The van der Waals surface area contributed by atoms with E-state index in [1.165, 1.54) is 0 Å². The highest BCUT2D eigenvalue weighted by atomic mass is 19.1. The quantitative estimate of drug-likeness (QED) is 0.779. The van der Waals surface area contributed by atoms with Crippen molar-refractivity contribution >= 4 is 5.69 Å². The molecular formula is C14H21FN2. The van der Waals surface area contributed by atoms with Gasteiger partial charge in [0, 0.05) is 19.1 Å². The first-order chi connectivity index (χ1) is 8.09. The molecule has 1 aliphatic heterocycles. The lowest BCUT2D eigenvalue weighted by Crippen LogP contribution is -2.42. The van der Waals surface area contributed by atoms with Gasteiger partial charge in [0.1, 0.15) is 5.82 Å². The van der Waals surface area contributed by atoms with Crippen LogP contribution in [0.15, 0.2) is 18.2 Å². The summed E-state index contributed by atoms with van der Waals surface area (Å²) >= 11 is 0. The molecular weight excluding hydrogens is 215 g/mol. The molecule has 0 atom stereocenters. The lowest BCUT2D eigenvalue weighted by atomic mass is 10.0. The Balaban J connectivity index is 2.11. The molecule has 3 heteroatoms. The van der Waals surface area contributed by atoms with Gasteiger partial charge in [-0.25, -0.2) is 4.39 Å². The molecule has 17 heavy (non-hydrogen) atoms. The molecule has 0 bridgehead atoms. The summed E-state index contributed by atoms with van der Waals surface area (Å²) in [6.45, 7) is 3.88. The summed E-state index contributed by atoms with van der Waals surface area (Å²) in [5.74, 6) is -0.0895. The molecule has 2 rings (SSSR count). The van der Waals surface area contributed by atoms with Crippen LogP contribution in [0.3, 0.4) is 0 Å². The summed E-state index contributed by atoms with van der Waals surface area (Å²) in [6, 6.07) is 5.95. The lowest BCUT2D eigenvalue weighted by Gasteiger charge is -2.37. The fourth-order valence-corrected chi connectivity index (χ4v) is 2.63. The molecule has 0 aromatic heterocycles. The summed E-state index contributed by atoms with van der Waals surface area (Å²) < 4.78 is 13.8. The largest absolute Gasteiger partial charge is 0.369 e. The summed E-state index contributed by atoms with van der Waals surface area (Å²) in [4.78, 5) is 4.45. The van der Waals surface area contributed by atoms with Crippen molar-refractivity contribution in [3.8, 4) is 0 Å². The van der Waals surface area contributed by atoms with E-state index in [0.717, 1.165) is 37.2 Å². The van der Waals surface area contributed by atoms with E-state index in [9.17, 15) is 4.39 Å². The highest BCUT2D eigenvalue weighted by molar-refractivity contribution is 5.54. The average Bonchev–Trinajstić information content (AvgIpc) is 2.29. The Labute approximate surface area is 103 Å². The fraction of sp³-hybridized carbons (Fsp3) is 0.571. The highest BCUT2D eigenvalue weighted by Crippen LogP contribution is 2.27. The molecule has 1 fully saturated rings. The number of hydrogen-bond donors (Lipinski definition) is 0. The summed E-state index contributed by atoms with van der Waals surface area (Å²) in [5.41, 5.74) is 1.83. The van der Waals surface area contributed by atoms with Gasteiger partial charge >= 0.3 is 0 Å². The van der Waals surface area contributed by atoms with E-state index in [4.69, 9.17) is 0 Å². The van der Waals surface area contributed by atoms with Gasteiger partial charge in [0.25, 0.3) is 0 Å². The van der Waals surface area contributed by atoms with E-state index in [1.54, 1.807) is 12.1 Å². The van der Waals surface area contributed by atoms with Crippen LogP contribution >= 0.6 is 0 Å². The lowest BCUT2D eigenvalue weighted by molar-refractivity contribution is 0.249. The predicted octanol–water partition coefficient (Wildman–Crippen LogP) is 2.66. The third kappa shape index (κ3) is 2.60. The van der Waals surface area contributed by atoms with E-state index in [-0.39, 0.29) is 5.82 Å². The van der Waals surface area contributed by atoms with Crippen LogP contribution in [0.1, 0.15) is 18.4 Å². The number of nitrogens with zero attached hydrogens (tertiary/aromatic N) is 2. The van der Waals surface area contributed by atoms with Crippen LogP contribution in [-0.2, 0) is 0 Å². The third-order valence-electron chi connectivity index (χ3n) is 3.70. The third-order valence-corrected chi connectivity index (χ3v) is 3.70. The van der Waals surface area contributed by atoms with Crippen molar-refractivity contribution in [1.82, 2.24) is 4.90 Å². The summed E-state index contributed by atoms with van der Waals surface area (Å²) in [5, 5.41) is 0. The monoisotopic (exact) mass is 236 g/mol. The average molecular weight is 236 g/mol. The maximum Gasteiger partial charge on any atom is 0.146 e. The van der Waals surface area contributed by atoms with Gasteiger partial charge < -0.3 is 9.80 Å². The maximum absolute atomic E-state index is 13.8. The molecule has 0 radical (unpaired) electrons. The Hall–Kier alpha value is -1.09. The van der Waals surface area contributed by atoms with Gasteiger partial charge in [-0.3, -0.25) is 0 Å². The molecule has 0 saturated carbocycles. The Morgan fingerprint density at radius 2 is 1.88 bits per heavy atom. The van der Waals surface area contributed by atoms with Crippen molar-refractivity contribution in [2.24, 2.45) is 0 Å². The van der Waals surface area contributed by atoms with Crippen molar-refractivity contribution in [1.29, 1.82) is 0 Å². The number of piperidine rings is 1. The van der Waals surface area contributed by atoms with Crippen molar-refractivity contribution in [2.45, 2.75) is 25.8 Å². The topological polar surface area (TPSA) is 6.48 Å². The van der Waals surface area contributed by atoms with Gasteiger partial charge in [0.2, 0.25) is 0 Å². The van der Waals surface area contributed by atoms with E-state index in [0.29, 0.717) is 6.04 Å². The van der Waals surface area contributed by atoms with Crippen LogP contribution in [0.4, 0.5) is 10.1 Å². The van der Waals surface area contributed by atoms with Crippen LogP contribution in [0.2, 0.25) is 0 Å². The first-order valence-corrected chi connectivity index (χ1v) is 6.26. The number of para-hydroxylation sites is 1. The van der Waals surface area contributed by atoms with Gasteiger partial charge in [0.05, 0.1) is 5.69 Å². The van der Waals surface area contributed by atoms with Gasteiger partial charge in [-0.05, 0) is 45.5 Å². The molecule has 0 N–H and O–H groups in total. The van der Waals surface area contributed by atoms with Crippen molar-refractivity contribution in [2.75, 3.05) is 32.1 Å². The Morgan fingerprint density at radius 1 is 1.24 bits per heavy atom. The second kappa shape index (κ2) is 5.05. The van der Waals surface area contributed by atoms with Gasteiger partial charge in [-0.2, -0.15) is 0 Å². The van der Waals surface area contributed by atoms with Crippen LogP contribution in [0.25, 0.3) is 0 Å². The zero-order chi connectivity index (χ0) is 12.4. The molecule has 94 valence electrons. The summed E-state index contributed by atoms with van der Waals surface area (Å²) in [7, 11) is 4.24. The first kappa shape index (κ1) is 12.4. The zero-order valence-electron chi connectivity index (χ0n) is 10.9. The number of anilines is 1. The Morgan fingerprint density at radius 3 is 2.41 bits per heavy atom. The summed E-state index contributed by atoms with van der Waals surface area (Å²) in [6.07, 6.45) is 2.22. The molecule has 0 unspecified atom stereocenters. The van der Waals surface area contributed by atoms with E-state index in [2.05, 4.69) is 23.9 Å². The number of halogens is 1. The van der Waals surface area contributed by atoms with Crippen molar-refractivity contribution in [3.05, 3.63) is 29.6 Å². The minimum atomic E-state index is -0.0895. The molecule has 1 heterocycles. The Bertz CT molecular complexity index is 362. The fourth-order valence-electron chi connectivity index (χ4n) is 2.63. The van der Waals surface area contributed by atoms with Crippen LogP contribution in [0.5, 0.6) is 0 Å². The molecule has 2 nitrogen and oxygen atoms in total. The molecule has 0 amide bonds. The predicted molar refractivity (Wildman–Crippen MR) is 70.1 cm³/mol. The van der Waals surface area contributed by atoms with E-state index in [1.807, 2.05) is 13.0 Å². The van der Waals surface area contributed by atoms with Crippen LogP contribution in [-0.4, -0.2) is 38.1 Å². The van der Waals surface area contributed by atoms with Crippen LogP contribution in [0, 0.1) is 12.7 Å². The SMILES string of the molecule is Cc1cccc(F)c1N1CCC(N(C)C)CC1. The molecule has 1 aliphatic rings. The second-order valence-electron chi connectivity index (χ2n) is 5.09. The van der Waals surface area contributed by atoms with Gasteiger partial charge in [-0.15, -0.1) is 0 Å². The van der Waals surface area contributed by atoms with Crippen LogP contribution < -0.4 is 4.90 Å². The molecule has 1 aromatic carbocycles. The van der Waals surface area contributed by atoms with Gasteiger partial charge in [0.15, 0.2) is 0 Å². The molecule has 0 aliphatic carbocycles. The minimum absolute atomic E-state index is 0.0895. The molecule has 0 spiro atoms. The number of hydrogen-bond acceptors (Lipinski definition) is 2. The highest BCUT2D eigenvalue weighted by Gasteiger charge is 2.23. The number of aryl methyl sites for hydroxylation is 1. The molecule has 1 aromatic rings. The van der Waals surface area contributed by atoms with E-state index < -0.39 is 0 Å². The standard InChI is InChI=1S/C14H21FN2/c1-11-5-4-6-13(15)14(11)17-9-7-12(8-10-17)16(2)3/h4-6,12H,7-10H2,1-3H3. The number of rotatable bonds is 2. The Kier molecular flexibility index (Phi) is 3.67. The minimum Gasteiger partial charge on any atom is -0.369 e. The smallest absolute Gasteiger partial charge is 0.146 e. The first-order valence-electron chi connectivity index (χ1n) is 6.26. The second-order valence-corrected chi connectivity index (χ2v) is 5.09. The normalized spacial score (nSPS) is 17.8. The zero-order valence-corrected chi connectivity index (χ0v) is 10.9. The van der Waals surface area contributed by atoms with Gasteiger partial charge in [-0.1, -0.05) is 12.1 Å². The number of benzene rings is 1. The van der Waals surface area contributed by atoms with E-state index >= 15 is 0 Å². The van der Waals surface area contributed by atoms with Crippen molar-refractivity contribution < 1.29 is 4.39 Å². The maximum atomic E-state index is 13.8.